The molecule has 0 aromatic rings. The van der Waals surface area contributed by atoms with E-state index in [0.29, 0.717) is 0 Å². The Balaban J connectivity index is 1.66. The van der Waals surface area contributed by atoms with Crippen LogP contribution in [-0.4, -0.2) is 126 Å². The molecule has 0 aromatic carbocycles. The topological polar surface area (TPSA) is 294 Å². The summed E-state index contributed by atoms with van der Waals surface area (Å²) in [6.07, 6.45) is -13.4. The number of allylic oxidation sites excluding steroid dienone is 2. The summed E-state index contributed by atoms with van der Waals surface area (Å²) >= 11 is 0. The highest BCUT2D eigenvalue weighted by atomic mass is 16.7. The first-order valence-corrected chi connectivity index (χ1v) is 11.9. The molecule has 0 bridgehead atoms. The number of aliphatic hydroxyl groups is 10. The van der Waals surface area contributed by atoms with Crippen LogP contribution in [0.15, 0.2) is 59.0 Å². The zero-order chi connectivity index (χ0) is 29.5. The molecule has 2 fully saturated rings. The number of ether oxygens (including phenoxy) is 4. The Morgan fingerprint density at radius 2 is 0.975 bits per heavy atom. The highest BCUT2D eigenvalue weighted by molar-refractivity contribution is 5.40. The van der Waals surface area contributed by atoms with Crippen molar-refractivity contribution < 1.29 is 80.1 Å². The van der Waals surface area contributed by atoms with Crippen molar-refractivity contribution in [2.24, 2.45) is 0 Å². The Morgan fingerprint density at radius 3 is 1.30 bits per heavy atom. The van der Waals surface area contributed by atoms with E-state index >= 15 is 0 Å². The molecule has 0 saturated carbocycles. The van der Waals surface area contributed by atoms with E-state index in [2.05, 4.69) is 0 Å². The number of nitrogens with one attached hydrogen (secondary N) is 2. The van der Waals surface area contributed by atoms with Crippen LogP contribution in [0, 0.1) is 10.4 Å². The minimum Gasteiger partial charge on any atom is -0.624 e. The van der Waals surface area contributed by atoms with Crippen LogP contribution in [0.3, 0.4) is 0 Å². The van der Waals surface area contributed by atoms with Crippen molar-refractivity contribution in [2.45, 2.75) is 61.4 Å². The third kappa shape index (κ3) is 5.46. The second-order valence-electron chi connectivity index (χ2n) is 9.20. The fourth-order valence-electron chi connectivity index (χ4n) is 4.36. The van der Waals surface area contributed by atoms with Crippen LogP contribution < -0.4 is 10.1 Å². The van der Waals surface area contributed by atoms with Crippen LogP contribution in [0.25, 0.3) is 0 Å². The molecule has 4 aliphatic rings. The van der Waals surface area contributed by atoms with Crippen LogP contribution >= 0.6 is 0 Å². The number of rotatable bonds is 6. The average molecular weight is 578 g/mol. The molecule has 0 aliphatic carbocycles. The lowest BCUT2D eigenvalue weighted by atomic mass is 9.99. The normalized spacial score (nSPS) is 44.2. The predicted molar refractivity (Wildman–Crippen MR) is 123 cm³/mol. The SMILES string of the molecule is [O-][NH+]1C=CC(OC2OC(CO)C(O)C(O)C2O)=C(O)C1=C1C(O)=C(OC2OC(CO)C(O)C(O)C2O)C=C[NH+]1[O-]. The van der Waals surface area contributed by atoms with Gasteiger partial charge >= 0.3 is 0 Å². The highest BCUT2D eigenvalue weighted by Gasteiger charge is 2.47. The first kappa shape index (κ1) is 30.3. The Bertz CT molecular complexity index is 1020. The number of hydrogen-bond acceptors (Lipinski definition) is 16. The van der Waals surface area contributed by atoms with Gasteiger partial charge in [-0.2, -0.15) is 0 Å². The van der Waals surface area contributed by atoms with E-state index in [1.807, 2.05) is 0 Å². The molecule has 0 aromatic heterocycles. The van der Waals surface area contributed by atoms with Gasteiger partial charge in [-0.25, -0.2) is 0 Å². The molecular formula is C22H30N2O16. The lowest BCUT2D eigenvalue weighted by Crippen LogP contribution is -3.07. The number of hydrogen-bond donors (Lipinski definition) is 12. The van der Waals surface area contributed by atoms with Gasteiger partial charge in [-0.1, -0.05) is 0 Å². The largest absolute Gasteiger partial charge is 0.624 e. The summed E-state index contributed by atoms with van der Waals surface area (Å²) in [6, 6.07) is 0. The summed E-state index contributed by atoms with van der Waals surface area (Å²) in [5.74, 6) is -3.11. The van der Waals surface area contributed by atoms with E-state index in [0.717, 1.165) is 24.6 Å². The second kappa shape index (κ2) is 12.1. The molecule has 4 rings (SSSR count). The number of hydroxylamine groups is 4. The third-order valence-corrected chi connectivity index (χ3v) is 6.64. The predicted octanol–water partition coefficient (Wildman–Crippen LogP) is -6.81. The lowest BCUT2D eigenvalue weighted by molar-refractivity contribution is -0.784. The summed E-state index contributed by atoms with van der Waals surface area (Å²) in [5.41, 5.74) is -1.55. The van der Waals surface area contributed by atoms with Gasteiger partial charge in [-0.3, -0.25) is 0 Å². The quantitative estimate of drug-likeness (QED) is 0.130. The highest BCUT2D eigenvalue weighted by Crippen LogP contribution is 2.29. The van der Waals surface area contributed by atoms with Gasteiger partial charge in [0.15, 0.2) is 11.5 Å². The zero-order valence-electron chi connectivity index (χ0n) is 20.4. The van der Waals surface area contributed by atoms with Crippen LogP contribution in [0.5, 0.6) is 0 Å². The van der Waals surface area contributed by atoms with Crippen LogP contribution in [0.4, 0.5) is 0 Å². The molecule has 18 heteroatoms. The van der Waals surface area contributed by atoms with Gasteiger partial charge in [0.05, 0.1) is 13.2 Å². The molecule has 12 atom stereocenters. The molecule has 0 radical (unpaired) electrons. The minimum atomic E-state index is -1.87. The van der Waals surface area contributed by atoms with E-state index in [9.17, 15) is 61.5 Å². The maximum absolute atomic E-state index is 12.7. The molecule has 40 heavy (non-hydrogen) atoms. The Morgan fingerprint density at radius 1 is 0.625 bits per heavy atom. The lowest BCUT2D eigenvalue weighted by Gasteiger charge is -2.40. The molecule has 18 nitrogen and oxygen atoms in total. The molecule has 12 N–H and O–H groups in total. The molecule has 0 amide bonds. The van der Waals surface area contributed by atoms with Crippen molar-refractivity contribution in [3.8, 4) is 0 Å². The molecule has 2 saturated heterocycles. The van der Waals surface area contributed by atoms with Crippen molar-refractivity contribution >= 4 is 0 Å². The first-order valence-electron chi connectivity index (χ1n) is 11.9. The van der Waals surface area contributed by atoms with E-state index in [1.54, 1.807) is 0 Å². The standard InChI is InChI=1S/C22H30N2O16/c25-5-9-15(29)17(31)19(33)21(39-9)37-7-1-3-23(35)11(13(7)27)12-14(28)8(2-4-24(12)36)38-22-20(34)18(32)16(30)10(6-26)40-22/h1-4,9-10,15-34H,5-6H2. The van der Waals surface area contributed by atoms with Gasteiger partial charge in [0.2, 0.25) is 35.5 Å². The number of aliphatic hydroxyl groups excluding tert-OH is 10. The molecule has 0 spiro atoms. The smallest absolute Gasteiger partial charge is 0.248 e. The molecule has 4 aliphatic heterocycles. The van der Waals surface area contributed by atoms with Crippen molar-refractivity contribution in [2.75, 3.05) is 13.2 Å². The van der Waals surface area contributed by atoms with Gasteiger partial charge in [0, 0.05) is 12.2 Å². The van der Waals surface area contributed by atoms with Gasteiger partial charge in [0.25, 0.3) is 0 Å². The summed E-state index contributed by atoms with van der Waals surface area (Å²) in [7, 11) is 0. The van der Waals surface area contributed by atoms with Crippen molar-refractivity contribution in [3.63, 3.8) is 0 Å². The van der Waals surface area contributed by atoms with E-state index in [4.69, 9.17) is 18.9 Å². The fourth-order valence-corrected chi connectivity index (χ4v) is 4.36. The summed E-state index contributed by atoms with van der Waals surface area (Å²) in [5, 5.41) is 124. The van der Waals surface area contributed by atoms with Crippen molar-refractivity contribution in [1.82, 2.24) is 0 Å². The minimum absolute atomic E-state index is 0.557. The average Bonchev–Trinajstić information content (AvgIpc) is 2.93. The Labute approximate surface area is 224 Å². The number of quaternary nitrogens is 2. The van der Waals surface area contributed by atoms with Crippen LogP contribution in [0.2, 0.25) is 0 Å². The van der Waals surface area contributed by atoms with E-state index in [1.165, 1.54) is 0 Å². The van der Waals surface area contributed by atoms with Gasteiger partial charge in [-0.05, 0) is 0 Å². The zero-order valence-corrected chi connectivity index (χ0v) is 20.4. The summed E-state index contributed by atoms with van der Waals surface area (Å²) in [4.78, 5) is 0. The molecule has 4 heterocycles. The monoisotopic (exact) mass is 578 g/mol. The fraction of sp³-hybridized carbons (Fsp3) is 0.545. The van der Waals surface area contributed by atoms with Gasteiger partial charge in [0.1, 0.15) is 61.2 Å². The maximum atomic E-state index is 12.7. The summed E-state index contributed by atoms with van der Waals surface area (Å²) in [6.45, 7) is -1.54. The van der Waals surface area contributed by atoms with E-state index in [-0.39, 0.29) is 0 Å². The Hall–Kier alpha value is -2.66. The Kier molecular flexibility index (Phi) is 9.14. The van der Waals surface area contributed by atoms with Crippen LogP contribution in [0.1, 0.15) is 0 Å². The first-order chi connectivity index (χ1) is 18.9. The van der Waals surface area contributed by atoms with E-state index < -0.39 is 119 Å². The van der Waals surface area contributed by atoms with Crippen molar-refractivity contribution in [3.05, 3.63) is 69.4 Å². The second-order valence-corrected chi connectivity index (χ2v) is 9.20. The van der Waals surface area contributed by atoms with Gasteiger partial charge < -0.3 is 90.6 Å². The molecular weight excluding hydrogens is 548 g/mol. The molecule has 224 valence electrons. The summed E-state index contributed by atoms with van der Waals surface area (Å²) < 4.78 is 21.2. The van der Waals surface area contributed by atoms with Crippen LogP contribution in [-0.2, 0) is 18.9 Å². The van der Waals surface area contributed by atoms with Crippen molar-refractivity contribution in [1.29, 1.82) is 0 Å². The third-order valence-electron chi connectivity index (χ3n) is 6.64. The van der Waals surface area contributed by atoms with Gasteiger partial charge in [-0.15, -0.1) is 0 Å². The maximum Gasteiger partial charge on any atom is 0.248 e. The molecule has 12 unspecified atom stereocenters.